The van der Waals surface area contributed by atoms with E-state index in [4.69, 9.17) is 0 Å². The van der Waals surface area contributed by atoms with Crippen LogP contribution in [0.5, 0.6) is 0 Å². The standard InChI is InChI=1S/C23H28NSi/c1-16-13-17(2)18(3)22(14-16)23-21-8-7-20(25(5)11-6-12-25)15-19(21)9-10-24(23)4/h7-10,13-15H,6,11-12H2,1-5H3/q+1. The van der Waals surface area contributed by atoms with E-state index < -0.39 is 8.07 Å². The first kappa shape index (κ1) is 16.5. The molecule has 1 saturated heterocycles. The second-order valence-electron chi connectivity index (χ2n) is 8.25. The van der Waals surface area contributed by atoms with Gasteiger partial charge in [-0.3, -0.25) is 0 Å². The summed E-state index contributed by atoms with van der Waals surface area (Å²) in [6.07, 6.45) is 3.65. The molecule has 2 aromatic carbocycles. The van der Waals surface area contributed by atoms with Gasteiger partial charge in [-0.1, -0.05) is 54.0 Å². The van der Waals surface area contributed by atoms with Crippen LogP contribution >= 0.6 is 0 Å². The van der Waals surface area contributed by atoms with Gasteiger partial charge in [0.05, 0.1) is 19.0 Å². The van der Waals surface area contributed by atoms with Crippen molar-refractivity contribution in [2.45, 2.75) is 45.8 Å². The van der Waals surface area contributed by atoms with Crippen molar-refractivity contribution in [2.75, 3.05) is 0 Å². The largest absolute Gasteiger partial charge is 0.220 e. The molecule has 4 rings (SSSR count). The van der Waals surface area contributed by atoms with Crippen LogP contribution in [0.1, 0.15) is 23.1 Å². The predicted octanol–water partition coefficient (Wildman–Crippen LogP) is 4.95. The summed E-state index contributed by atoms with van der Waals surface area (Å²) in [6.45, 7) is 9.22. The molecule has 1 aromatic heterocycles. The molecule has 0 amide bonds. The maximum Gasteiger partial charge on any atom is 0.220 e. The van der Waals surface area contributed by atoms with Gasteiger partial charge < -0.3 is 0 Å². The van der Waals surface area contributed by atoms with Crippen molar-refractivity contribution < 1.29 is 4.57 Å². The van der Waals surface area contributed by atoms with Gasteiger partial charge in [0.25, 0.3) is 0 Å². The van der Waals surface area contributed by atoms with Crippen molar-refractivity contribution in [3.8, 4) is 11.3 Å². The topological polar surface area (TPSA) is 3.88 Å². The molecule has 1 nitrogen and oxygen atoms in total. The molecule has 2 heterocycles. The minimum atomic E-state index is -1.14. The Morgan fingerprint density at radius 3 is 2.40 bits per heavy atom. The van der Waals surface area contributed by atoms with Crippen molar-refractivity contribution in [2.24, 2.45) is 7.05 Å². The fourth-order valence-corrected chi connectivity index (χ4v) is 7.35. The van der Waals surface area contributed by atoms with Crippen LogP contribution in [0.2, 0.25) is 18.6 Å². The second kappa shape index (κ2) is 5.81. The van der Waals surface area contributed by atoms with Gasteiger partial charge in [-0.05, 0) is 49.4 Å². The van der Waals surface area contributed by atoms with Crippen LogP contribution in [-0.4, -0.2) is 8.07 Å². The Labute approximate surface area is 152 Å². The third-order valence-corrected chi connectivity index (χ3v) is 11.0. The van der Waals surface area contributed by atoms with Gasteiger partial charge >= 0.3 is 0 Å². The van der Waals surface area contributed by atoms with Gasteiger partial charge in [0.1, 0.15) is 7.05 Å². The number of hydrogen-bond donors (Lipinski definition) is 0. The van der Waals surface area contributed by atoms with Gasteiger partial charge in [-0.2, -0.15) is 0 Å². The Kier molecular flexibility index (Phi) is 3.84. The van der Waals surface area contributed by atoms with E-state index in [1.807, 2.05) is 0 Å². The molecule has 0 saturated carbocycles. The molecule has 1 fully saturated rings. The predicted molar refractivity (Wildman–Crippen MR) is 110 cm³/mol. The van der Waals surface area contributed by atoms with Crippen LogP contribution in [0.4, 0.5) is 0 Å². The van der Waals surface area contributed by atoms with Crippen molar-refractivity contribution in [1.29, 1.82) is 0 Å². The lowest BCUT2D eigenvalue weighted by Gasteiger charge is -2.36. The fourth-order valence-electron chi connectivity index (χ4n) is 4.36. The van der Waals surface area contributed by atoms with E-state index >= 15 is 0 Å². The Morgan fingerprint density at radius 1 is 0.960 bits per heavy atom. The molecule has 0 aliphatic carbocycles. The zero-order valence-corrected chi connectivity index (χ0v) is 17.1. The quantitative estimate of drug-likeness (QED) is 0.457. The van der Waals surface area contributed by atoms with Gasteiger partial charge in [0.15, 0.2) is 6.20 Å². The van der Waals surface area contributed by atoms with Crippen molar-refractivity contribution in [3.05, 3.63) is 59.3 Å². The molecule has 0 atom stereocenters. The van der Waals surface area contributed by atoms with E-state index in [9.17, 15) is 0 Å². The lowest BCUT2D eigenvalue weighted by molar-refractivity contribution is -0.659. The fraction of sp³-hybridized carbons (Fsp3) is 0.348. The first-order chi connectivity index (χ1) is 11.9. The zero-order chi connectivity index (χ0) is 17.8. The first-order valence-corrected chi connectivity index (χ1v) is 12.3. The number of aromatic nitrogens is 1. The molecule has 0 radical (unpaired) electrons. The second-order valence-corrected chi connectivity index (χ2v) is 12.9. The van der Waals surface area contributed by atoms with Crippen LogP contribution in [0.3, 0.4) is 0 Å². The van der Waals surface area contributed by atoms with E-state index in [2.05, 4.69) is 81.5 Å². The molecule has 0 unspecified atom stereocenters. The van der Waals surface area contributed by atoms with Crippen molar-refractivity contribution in [1.82, 2.24) is 0 Å². The summed E-state index contributed by atoms with van der Waals surface area (Å²) >= 11 is 0. The summed E-state index contributed by atoms with van der Waals surface area (Å²) in [5.74, 6) is 0. The highest BCUT2D eigenvalue weighted by molar-refractivity contribution is 6.93. The average Bonchev–Trinajstić information content (AvgIpc) is 2.56. The molecule has 25 heavy (non-hydrogen) atoms. The molecule has 1 aliphatic rings. The number of rotatable bonds is 2. The highest BCUT2D eigenvalue weighted by Crippen LogP contribution is 2.34. The maximum absolute atomic E-state index is 2.55. The Hall–Kier alpha value is -1.93. The molecule has 0 bridgehead atoms. The van der Waals surface area contributed by atoms with E-state index in [0.717, 1.165) is 0 Å². The number of fused-ring (bicyclic) bond motifs is 1. The normalized spacial score (nSPS) is 16.0. The molecule has 2 heteroatoms. The average molecular weight is 347 g/mol. The molecular formula is C23H28NSi+. The monoisotopic (exact) mass is 346 g/mol. The van der Waals surface area contributed by atoms with Crippen LogP contribution in [-0.2, 0) is 7.05 Å². The lowest BCUT2D eigenvalue weighted by Crippen LogP contribution is -2.50. The molecule has 3 aromatic rings. The SMILES string of the molecule is Cc1cc(C)c(C)c(-c2c3ccc([Si]4(C)CCC4)cc3cc[n+]2C)c1. The van der Waals surface area contributed by atoms with Crippen LogP contribution in [0, 0.1) is 20.8 Å². The minimum absolute atomic E-state index is 1.14. The van der Waals surface area contributed by atoms with Crippen LogP contribution in [0.25, 0.3) is 22.0 Å². The smallest absolute Gasteiger partial charge is 0.200 e. The van der Waals surface area contributed by atoms with Crippen LogP contribution < -0.4 is 9.75 Å². The maximum atomic E-state index is 2.55. The molecule has 0 N–H and O–H groups in total. The minimum Gasteiger partial charge on any atom is -0.200 e. The van der Waals surface area contributed by atoms with Crippen molar-refractivity contribution >= 4 is 24.0 Å². The Morgan fingerprint density at radius 2 is 1.72 bits per heavy atom. The van der Waals surface area contributed by atoms with E-state index in [-0.39, 0.29) is 0 Å². The van der Waals surface area contributed by atoms with Gasteiger partial charge in [0.2, 0.25) is 5.69 Å². The summed E-state index contributed by atoms with van der Waals surface area (Å²) in [5.41, 5.74) is 6.80. The summed E-state index contributed by atoms with van der Waals surface area (Å²) < 4.78 is 2.28. The summed E-state index contributed by atoms with van der Waals surface area (Å²) in [6, 6.07) is 17.1. The Balaban J connectivity index is 1.97. The highest BCUT2D eigenvalue weighted by Gasteiger charge is 2.36. The zero-order valence-electron chi connectivity index (χ0n) is 16.1. The number of hydrogen-bond acceptors (Lipinski definition) is 0. The first-order valence-electron chi connectivity index (χ1n) is 9.40. The van der Waals surface area contributed by atoms with Gasteiger partial charge in [0, 0.05) is 6.07 Å². The molecule has 1 aliphatic heterocycles. The summed E-state index contributed by atoms with van der Waals surface area (Å²) in [7, 11) is 1.03. The van der Waals surface area contributed by atoms with Crippen LogP contribution in [0.15, 0.2) is 42.6 Å². The number of nitrogens with zero attached hydrogens (tertiary/aromatic N) is 1. The summed E-state index contributed by atoms with van der Waals surface area (Å²) in [5, 5.41) is 4.41. The molecule has 0 spiro atoms. The number of benzene rings is 2. The number of pyridine rings is 1. The van der Waals surface area contributed by atoms with E-state index in [1.165, 1.54) is 57.2 Å². The van der Waals surface area contributed by atoms with Gasteiger partial charge in [-0.25, -0.2) is 4.57 Å². The molecular weight excluding hydrogens is 318 g/mol. The van der Waals surface area contributed by atoms with Gasteiger partial charge in [-0.15, -0.1) is 0 Å². The lowest BCUT2D eigenvalue weighted by atomic mass is 9.94. The highest BCUT2D eigenvalue weighted by atomic mass is 28.3. The summed E-state index contributed by atoms with van der Waals surface area (Å²) in [4.78, 5) is 0. The van der Waals surface area contributed by atoms with E-state index in [0.29, 0.717) is 0 Å². The molecule has 128 valence electrons. The third kappa shape index (κ3) is 2.64. The van der Waals surface area contributed by atoms with E-state index in [1.54, 1.807) is 5.19 Å². The third-order valence-electron chi connectivity index (χ3n) is 6.36. The Bertz CT molecular complexity index is 983. The van der Waals surface area contributed by atoms with Crippen molar-refractivity contribution in [3.63, 3.8) is 0 Å². The number of aryl methyl sites for hydroxylation is 3.